The van der Waals surface area contributed by atoms with E-state index in [4.69, 9.17) is 9.47 Å². The zero-order valence-corrected chi connectivity index (χ0v) is 15.8. The molecule has 1 aromatic carbocycles. The number of ether oxygens (including phenoxy) is 2. The number of urea groups is 1. The van der Waals surface area contributed by atoms with Crippen LogP contribution in [0.4, 0.5) is 4.79 Å². The number of carbonyl (C=O) groups is 1. The van der Waals surface area contributed by atoms with Crippen LogP contribution in [0.5, 0.6) is 11.5 Å². The van der Waals surface area contributed by atoms with E-state index in [0.717, 1.165) is 23.3 Å². The smallest absolute Gasteiger partial charge is 0.317 e. The number of carbonyl (C=O) groups excluding carboxylic acids is 1. The molecule has 2 saturated carbocycles. The van der Waals surface area contributed by atoms with E-state index in [1.165, 1.54) is 25.7 Å². The van der Waals surface area contributed by atoms with Crippen molar-refractivity contribution in [3.05, 3.63) is 24.3 Å². The molecule has 0 spiro atoms. The lowest BCUT2D eigenvalue weighted by Crippen LogP contribution is -2.51. The molecule has 1 aliphatic heterocycles. The standard InChI is InChI=1S/C21H30N2O3/c1-3-23(12-17-13-25-19-6-4-5-7-20(19)26-17)21(24)22-14(2)18-11-15-8-9-16(18)10-15/h4-7,14-18H,3,8-13H2,1-2H3,(H,22,24). The fourth-order valence-corrected chi connectivity index (χ4v) is 5.05. The van der Waals surface area contributed by atoms with Gasteiger partial charge in [-0.15, -0.1) is 0 Å². The van der Waals surface area contributed by atoms with Crippen molar-refractivity contribution < 1.29 is 14.3 Å². The van der Waals surface area contributed by atoms with Gasteiger partial charge in [0.05, 0.1) is 6.54 Å². The zero-order valence-electron chi connectivity index (χ0n) is 15.8. The van der Waals surface area contributed by atoms with Gasteiger partial charge in [0.1, 0.15) is 6.61 Å². The molecule has 2 bridgehead atoms. The second-order valence-electron chi connectivity index (χ2n) is 8.11. The van der Waals surface area contributed by atoms with Gasteiger partial charge in [0, 0.05) is 12.6 Å². The van der Waals surface area contributed by atoms with Crippen LogP contribution < -0.4 is 14.8 Å². The second-order valence-corrected chi connectivity index (χ2v) is 8.11. The van der Waals surface area contributed by atoms with Crippen LogP contribution in [0.1, 0.15) is 39.5 Å². The molecule has 5 unspecified atom stereocenters. The maximum atomic E-state index is 12.8. The third-order valence-electron chi connectivity index (χ3n) is 6.45. The van der Waals surface area contributed by atoms with E-state index in [0.29, 0.717) is 25.6 Å². The number of fused-ring (bicyclic) bond motifs is 3. The first-order valence-corrected chi connectivity index (χ1v) is 10.1. The van der Waals surface area contributed by atoms with E-state index in [1.54, 1.807) is 0 Å². The van der Waals surface area contributed by atoms with Crippen LogP contribution in [0.15, 0.2) is 24.3 Å². The monoisotopic (exact) mass is 358 g/mol. The van der Waals surface area contributed by atoms with Gasteiger partial charge in [-0.2, -0.15) is 0 Å². The van der Waals surface area contributed by atoms with E-state index < -0.39 is 0 Å². The lowest BCUT2D eigenvalue weighted by atomic mass is 9.84. The van der Waals surface area contributed by atoms with Crippen LogP contribution in [-0.2, 0) is 0 Å². The number of likely N-dealkylation sites (N-methyl/N-ethyl adjacent to an activating group) is 1. The third-order valence-corrected chi connectivity index (χ3v) is 6.45. The number of benzene rings is 1. The van der Waals surface area contributed by atoms with Crippen LogP contribution >= 0.6 is 0 Å². The highest BCUT2D eigenvalue weighted by atomic mass is 16.6. The van der Waals surface area contributed by atoms with Crippen molar-refractivity contribution in [3.63, 3.8) is 0 Å². The molecule has 5 atom stereocenters. The van der Waals surface area contributed by atoms with Crippen molar-refractivity contribution >= 4 is 6.03 Å². The van der Waals surface area contributed by atoms with Crippen molar-refractivity contribution in [2.45, 2.75) is 51.7 Å². The van der Waals surface area contributed by atoms with E-state index in [2.05, 4.69) is 12.2 Å². The number of nitrogens with zero attached hydrogens (tertiary/aromatic N) is 1. The van der Waals surface area contributed by atoms with Crippen LogP contribution in [0, 0.1) is 17.8 Å². The van der Waals surface area contributed by atoms with Crippen molar-refractivity contribution in [3.8, 4) is 11.5 Å². The molecule has 2 aliphatic carbocycles. The van der Waals surface area contributed by atoms with Crippen LogP contribution in [0.25, 0.3) is 0 Å². The molecule has 0 radical (unpaired) electrons. The number of rotatable bonds is 5. The second kappa shape index (κ2) is 7.37. The van der Waals surface area contributed by atoms with Gasteiger partial charge in [0.2, 0.25) is 0 Å². The summed E-state index contributed by atoms with van der Waals surface area (Å²) in [5, 5.41) is 3.26. The summed E-state index contributed by atoms with van der Waals surface area (Å²) in [4.78, 5) is 14.6. The summed E-state index contributed by atoms with van der Waals surface area (Å²) in [6.07, 6.45) is 5.26. The Hall–Kier alpha value is -1.91. The van der Waals surface area contributed by atoms with Crippen LogP contribution in [0.2, 0.25) is 0 Å². The summed E-state index contributed by atoms with van der Waals surface area (Å²) in [5.74, 6) is 3.91. The van der Waals surface area contributed by atoms with Gasteiger partial charge in [-0.05, 0) is 63.0 Å². The minimum Gasteiger partial charge on any atom is -0.486 e. The van der Waals surface area contributed by atoms with E-state index in [-0.39, 0.29) is 18.2 Å². The van der Waals surface area contributed by atoms with Gasteiger partial charge < -0.3 is 19.7 Å². The Balaban J connectivity index is 1.31. The Morgan fingerprint density at radius 2 is 2.08 bits per heavy atom. The Morgan fingerprint density at radius 1 is 1.27 bits per heavy atom. The lowest BCUT2D eigenvalue weighted by Gasteiger charge is -2.33. The topological polar surface area (TPSA) is 50.8 Å². The first kappa shape index (κ1) is 17.5. The maximum absolute atomic E-state index is 12.8. The summed E-state index contributed by atoms with van der Waals surface area (Å²) in [7, 11) is 0. The minimum atomic E-state index is -0.131. The fourth-order valence-electron chi connectivity index (χ4n) is 5.05. The SMILES string of the molecule is CCN(CC1COc2ccccc2O1)C(=O)NC(C)C1CC2CCC1C2. The highest BCUT2D eigenvalue weighted by Crippen LogP contribution is 2.49. The van der Waals surface area contributed by atoms with E-state index in [9.17, 15) is 4.79 Å². The van der Waals surface area contributed by atoms with Gasteiger partial charge in [0.15, 0.2) is 17.6 Å². The predicted molar refractivity (Wildman–Crippen MR) is 101 cm³/mol. The maximum Gasteiger partial charge on any atom is 0.317 e. The van der Waals surface area contributed by atoms with Crippen LogP contribution in [-0.4, -0.2) is 42.8 Å². The molecule has 0 aromatic heterocycles. The molecule has 2 fully saturated rings. The molecule has 5 heteroatoms. The van der Waals surface area contributed by atoms with Gasteiger partial charge >= 0.3 is 6.03 Å². The first-order valence-electron chi connectivity index (χ1n) is 10.1. The number of amides is 2. The molecule has 0 saturated heterocycles. The Labute approximate surface area is 156 Å². The Morgan fingerprint density at radius 3 is 2.77 bits per heavy atom. The first-order chi connectivity index (χ1) is 12.6. The molecule has 1 aromatic rings. The van der Waals surface area contributed by atoms with Crippen molar-refractivity contribution in [1.82, 2.24) is 10.2 Å². The summed E-state index contributed by atoms with van der Waals surface area (Å²) >= 11 is 0. The third kappa shape index (κ3) is 3.49. The van der Waals surface area contributed by atoms with E-state index in [1.807, 2.05) is 36.1 Å². The molecule has 2 amide bonds. The summed E-state index contributed by atoms with van der Waals surface area (Å²) in [5.41, 5.74) is 0. The van der Waals surface area contributed by atoms with E-state index >= 15 is 0 Å². The normalized spacial score (nSPS) is 30.1. The molecule has 1 N–H and O–H groups in total. The fraction of sp³-hybridized carbons (Fsp3) is 0.667. The molecule has 3 aliphatic rings. The zero-order chi connectivity index (χ0) is 18.1. The van der Waals surface area contributed by atoms with Gasteiger partial charge in [-0.3, -0.25) is 0 Å². The summed E-state index contributed by atoms with van der Waals surface area (Å²) in [6.45, 7) is 5.87. The number of nitrogens with one attached hydrogen (secondary N) is 1. The summed E-state index contributed by atoms with van der Waals surface area (Å²) in [6, 6.07) is 7.96. The van der Waals surface area contributed by atoms with Gasteiger partial charge in [-0.1, -0.05) is 18.6 Å². The number of para-hydroxylation sites is 2. The highest BCUT2D eigenvalue weighted by molar-refractivity contribution is 5.74. The molecule has 26 heavy (non-hydrogen) atoms. The molecule has 5 nitrogen and oxygen atoms in total. The summed E-state index contributed by atoms with van der Waals surface area (Å²) < 4.78 is 11.8. The van der Waals surface area contributed by atoms with Gasteiger partial charge in [-0.25, -0.2) is 4.79 Å². The molecule has 4 rings (SSSR count). The van der Waals surface area contributed by atoms with Gasteiger partial charge in [0.25, 0.3) is 0 Å². The van der Waals surface area contributed by atoms with Crippen LogP contribution in [0.3, 0.4) is 0 Å². The highest BCUT2D eigenvalue weighted by Gasteiger charge is 2.42. The number of hydrogen-bond acceptors (Lipinski definition) is 3. The average molecular weight is 358 g/mol. The predicted octanol–water partition coefficient (Wildman–Crippen LogP) is 3.68. The van der Waals surface area contributed by atoms with Crippen molar-refractivity contribution in [2.75, 3.05) is 19.7 Å². The number of hydrogen-bond donors (Lipinski definition) is 1. The Bertz CT molecular complexity index is 650. The van der Waals surface area contributed by atoms with Crippen molar-refractivity contribution in [2.24, 2.45) is 17.8 Å². The quantitative estimate of drug-likeness (QED) is 0.873. The lowest BCUT2D eigenvalue weighted by molar-refractivity contribution is 0.0666. The molecular weight excluding hydrogens is 328 g/mol. The molecular formula is C21H30N2O3. The Kier molecular flexibility index (Phi) is 4.96. The molecule has 142 valence electrons. The van der Waals surface area contributed by atoms with Crippen molar-refractivity contribution in [1.29, 1.82) is 0 Å². The minimum absolute atomic E-state index is 0.0187. The average Bonchev–Trinajstić information content (AvgIpc) is 3.29. The largest absolute Gasteiger partial charge is 0.486 e. The molecule has 1 heterocycles.